The van der Waals surface area contributed by atoms with Gasteiger partial charge in [-0.15, -0.1) is 0 Å². The molecule has 1 aliphatic rings. The molecule has 0 N–H and O–H groups in total. The number of methoxy groups -OCH3 is 2. The molecular formula is C23H23N5O3. The molecule has 0 saturated carbocycles. The maximum Gasteiger partial charge on any atom is 0.261 e. The Bertz CT molecular complexity index is 1260. The van der Waals surface area contributed by atoms with Gasteiger partial charge in [-0.05, 0) is 24.1 Å². The zero-order chi connectivity index (χ0) is 21.5. The molecule has 3 heterocycles. The predicted octanol–water partition coefficient (Wildman–Crippen LogP) is 3.29. The number of benzene rings is 2. The summed E-state index contributed by atoms with van der Waals surface area (Å²) in [7, 11) is 5.03. The minimum atomic E-state index is -0.0666. The molecule has 0 spiro atoms. The van der Waals surface area contributed by atoms with Gasteiger partial charge in [0.05, 0.1) is 37.1 Å². The molecule has 1 saturated heterocycles. The summed E-state index contributed by atoms with van der Waals surface area (Å²) in [6.45, 7) is 1.52. The largest absolute Gasteiger partial charge is 0.496 e. The summed E-state index contributed by atoms with van der Waals surface area (Å²) in [4.78, 5) is 19.3. The number of likely N-dealkylation sites (tertiary alicyclic amines) is 1. The highest BCUT2D eigenvalue weighted by Crippen LogP contribution is 2.35. The number of nitrogens with zero attached hydrogens (tertiary/aromatic N) is 5. The Morgan fingerprint density at radius 2 is 1.77 bits per heavy atom. The van der Waals surface area contributed by atoms with Crippen LogP contribution >= 0.6 is 0 Å². The fourth-order valence-electron chi connectivity index (χ4n) is 3.89. The predicted molar refractivity (Wildman–Crippen MR) is 117 cm³/mol. The van der Waals surface area contributed by atoms with Gasteiger partial charge in [0, 0.05) is 44.0 Å². The Morgan fingerprint density at radius 3 is 2.35 bits per heavy atom. The molecule has 4 aromatic rings. The highest BCUT2D eigenvalue weighted by Gasteiger charge is 2.28. The van der Waals surface area contributed by atoms with Gasteiger partial charge in [-0.25, -0.2) is 4.98 Å². The molecule has 158 valence electrons. The number of aromatic nitrogens is 4. The molecule has 31 heavy (non-hydrogen) atoms. The van der Waals surface area contributed by atoms with Crippen LogP contribution in [-0.4, -0.2) is 57.4 Å². The lowest BCUT2D eigenvalue weighted by Crippen LogP contribution is -2.42. The lowest BCUT2D eigenvalue weighted by Gasteiger charge is -2.31. The summed E-state index contributed by atoms with van der Waals surface area (Å²) in [5.41, 5.74) is 5.16. The second-order valence-corrected chi connectivity index (χ2v) is 7.59. The van der Waals surface area contributed by atoms with Crippen molar-refractivity contribution in [1.82, 2.24) is 24.2 Å². The summed E-state index contributed by atoms with van der Waals surface area (Å²) in [5, 5.41) is 4.24. The van der Waals surface area contributed by atoms with Gasteiger partial charge in [0.2, 0.25) is 0 Å². The van der Waals surface area contributed by atoms with Crippen molar-refractivity contribution < 1.29 is 14.3 Å². The van der Waals surface area contributed by atoms with Gasteiger partial charge in [-0.1, -0.05) is 6.07 Å². The van der Waals surface area contributed by atoms with E-state index in [1.807, 2.05) is 54.3 Å². The van der Waals surface area contributed by atoms with Crippen molar-refractivity contribution in [3.8, 4) is 28.3 Å². The SMILES string of the molecule is COc1cc(-n2cnc3cc(-c4cnn(C)c4)ccc32)cc(OC)c1C(=O)N1CCC1. The first-order valence-electron chi connectivity index (χ1n) is 10.1. The number of hydrogen-bond donors (Lipinski definition) is 0. The van der Waals surface area contributed by atoms with Crippen LogP contribution < -0.4 is 9.47 Å². The van der Waals surface area contributed by atoms with Crippen LogP contribution in [0.1, 0.15) is 16.8 Å². The fraction of sp³-hybridized carbons (Fsp3) is 0.261. The molecule has 0 radical (unpaired) electrons. The Balaban J connectivity index is 1.58. The lowest BCUT2D eigenvalue weighted by molar-refractivity contribution is 0.0645. The molecule has 1 fully saturated rings. The van der Waals surface area contributed by atoms with Gasteiger partial charge in [-0.3, -0.25) is 14.0 Å². The van der Waals surface area contributed by atoms with Crippen LogP contribution in [0, 0.1) is 0 Å². The minimum absolute atomic E-state index is 0.0666. The number of hydrogen-bond acceptors (Lipinski definition) is 5. The third-order valence-corrected chi connectivity index (χ3v) is 5.71. The van der Waals surface area contributed by atoms with Crippen LogP contribution in [0.5, 0.6) is 11.5 Å². The molecule has 1 amide bonds. The van der Waals surface area contributed by atoms with Crippen LogP contribution in [0.2, 0.25) is 0 Å². The highest BCUT2D eigenvalue weighted by molar-refractivity contribution is 6.00. The smallest absolute Gasteiger partial charge is 0.261 e. The van der Waals surface area contributed by atoms with E-state index in [0.29, 0.717) is 17.1 Å². The van der Waals surface area contributed by atoms with Crippen molar-refractivity contribution >= 4 is 16.9 Å². The molecule has 8 nitrogen and oxygen atoms in total. The number of amides is 1. The van der Waals surface area contributed by atoms with Gasteiger partial charge < -0.3 is 14.4 Å². The third kappa shape index (κ3) is 3.20. The summed E-state index contributed by atoms with van der Waals surface area (Å²) < 4.78 is 14.9. The van der Waals surface area contributed by atoms with Gasteiger partial charge in [0.15, 0.2) is 0 Å². The number of carbonyl (C=O) groups excluding carboxylic acids is 1. The third-order valence-electron chi connectivity index (χ3n) is 5.71. The first-order chi connectivity index (χ1) is 15.1. The molecule has 2 aromatic heterocycles. The first-order valence-corrected chi connectivity index (χ1v) is 10.1. The highest BCUT2D eigenvalue weighted by atomic mass is 16.5. The quantitative estimate of drug-likeness (QED) is 0.498. The van der Waals surface area contributed by atoms with Crippen molar-refractivity contribution in [2.45, 2.75) is 6.42 Å². The van der Waals surface area contributed by atoms with E-state index in [1.165, 1.54) is 0 Å². The molecule has 0 unspecified atom stereocenters. The van der Waals surface area contributed by atoms with Crippen LogP contribution in [0.4, 0.5) is 0 Å². The van der Waals surface area contributed by atoms with E-state index < -0.39 is 0 Å². The zero-order valence-electron chi connectivity index (χ0n) is 17.7. The van der Waals surface area contributed by atoms with E-state index in [0.717, 1.165) is 47.4 Å². The van der Waals surface area contributed by atoms with Crippen molar-refractivity contribution in [2.24, 2.45) is 7.05 Å². The molecule has 1 aliphatic heterocycles. The second kappa shape index (κ2) is 7.46. The van der Waals surface area contributed by atoms with E-state index in [9.17, 15) is 4.79 Å². The molecule has 0 aliphatic carbocycles. The standard InChI is InChI=1S/C23H23N5O3/c1-26-13-16(12-25-26)15-5-6-19-18(9-15)24-14-28(19)17-10-20(30-2)22(21(11-17)31-3)23(29)27-7-4-8-27/h5-6,9-14H,4,7-8H2,1-3H3. The monoisotopic (exact) mass is 417 g/mol. The van der Waals surface area contributed by atoms with Crippen LogP contribution in [0.25, 0.3) is 27.8 Å². The van der Waals surface area contributed by atoms with Gasteiger partial charge >= 0.3 is 0 Å². The van der Waals surface area contributed by atoms with Crippen LogP contribution in [-0.2, 0) is 7.05 Å². The molecule has 0 atom stereocenters. The van der Waals surface area contributed by atoms with Gasteiger partial charge in [0.25, 0.3) is 5.91 Å². The average molecular weight is 417 g/mol. The van der Waals surface area contributed by atoms with Crippen molar-refractivity contribution in [2.75, 3.05) is 27.3 Å². The van der Waals surface area contributed by atoms with Crippen molar-refractivity contribution in [3.05, 3.63) is 54.6 Å². The summed E-state index contributed by atoms with van der Waals surface area (Å²) >= 11 is 0. The van der Waals surface area contributed by atoms with Crippen LogP contribution in [0.15, 0.2) is 49.1 Å². The van der Waals surface area contributed by atoms with Crippen molar-refractivity contribution in [3.63, 3.8) is 0 Å². The number of fused-ring (bicyclic) bond motifs is 1. The zero-order valence-corrected chi connectivity index (χ0v) is 17.7. The number of ether oxygens (including phenoxy) is 2. The Morgan fingerprint density at radius 1 is 1.03 bits per heavy atom. The Kier molecular flexibility index (Phi) is 4.62. The van der Waals surface area contributed by atoms with Gasteiger partial charge in [0.1, 0.15) is 23.4 Å². The van der Waals surface area contributed by atoms with Gasteiger partial charge in [-0.2, -0.15) is 5.10 Å². The summed E-state index contributed by atoms with van der Waals surface area (Å²) in [6, 6.07) is 9.83. The summed E-state index contributed by atoms with van der Waals surface area (Å²) in [5.74, 6) is 0.906. The number of imidazole rings is 1. The van der Waals surface area contributed by atoms with E-state index in [2.05, 4.69) is 10.1 Å². The maximum absolute atomic E-state index is 12.9. The lowest BCUT2D eigenvalue weighted by atomic mass is 10.1. The first kappa shape index (κ1) is 19.2. The summed E-state index contributed by atoms with van der Waals surface area (Å²) in [6.07, 6.45) is 6.60. The second-order valence-electron chi connectivity index (χ2n) is 7.59. The molecule has 8 heteroatoms. The molecule has 0 bridgehead atoms. The molecule has 2 aromatic carbocycles. The Labute approximate surface area is 179 Å². The topological polar surface area (TPSA) is 74.4 Å². The maximum atomic E-state index is 12.9. The fourth-order valence-corrected chi connectivity index (χ4v) is 3.89. The van der Waals surface area contributed by atoms with E-state index >= 15 is 0 Å². The average Bonchev–Trinajstić information content (AvgIpc) is 3.37. The van der Waals surface area contributed by atoms with E-state index in [4.69, 9.17) is 9.47 Å². The number of carbonyl (C=O) groups is 1. The molecule has 5 rings (SSSR count). The Hall–Kier alpha value is -3.81. The normalized spacial score (nSPS) is 13.3. The van der Waals surface area contributed by atoms with E-state index in [-0.39, 0.29) is 5.91 Å². The van der Waals surface area contributed by atoms with Crippen molar-refractivity contribution in [1.29, 1.82) is 0 Å². The number of rotatable bonds is 5. The van der Waals surface area contributed by atoms with Crippen LogP contribution in [0.3, 0.4) is 0 Å². The van der Waals surface area contributed by atoms with E-state index in [1.54, 1.807) is 30.1 Å². The minimum Gasteiger partial charge on any atom is -0.496 e. The number of aryl methyl sites for hydroxylation is 1. The molecular weight excluding hydrogens is 394 g/mol.